The second-order valence-electron chi connectivity index (χ2n) is 14.6. The SMILES string of the molecule is CO[C@@H]1O[C@H](CO)[C@@H](O[C@@H]2O[C@H](O[C@]3(C(=O)O)C[C@H](O)[C@@H](NC(=O)CF)[C@H]([C@@H](O)[C@H](O)CNC(=O)c4cccc(Oc5ccccc5)c4)O3)[C@H](O)[C@H](O)[C@H]2O)[C@H](O)[C@H]1NC(C)=O. The normalized spacial score (nSPS) is 34.6. The molecule has 3 aliphatic rings. The number of hydrogen-bond acceptors (Lipinski definition) is 19. The Labute approximate surface area is 351 Å². The Hall–Kier alpha value is -4.51. The van der Waals surface area contributed by atoms with Crippen LogP contribution in [0.3, 0.4) is 0 Å². The fourth-order valence-electron chi connectivity index (χ4n) is 7.07. The average Bonchev–Trinajstić information content (AvgIpc) is 3.25. The Bertz CT molecular complexity index is 1840. The number of carboxylic acids is 1. The monoisotopic (exact) mass is 887 g/mol. The van der Waals surface area contributed by atoms with E-state index >= 15 is 0 Å². The molecular formula is C38H50FN3O20. The Balaban J connectivity index is 1.35. The molecule has 62 heavy (non-hydrogen) atoms. The molecule has 3 aliphatic heterocycles. The molecule has 0 aromatic heterocycles. The predicted molar refractivity (Wildman–Crippen MR) is 200 cm³/mol. The molecule has 3 fully saturated rings. The number of halogens is 1. The van der Waals surface area contributed by atoms with E-state index in [1.165, 1.54) is 25.3 Å². The minimum Gasteiger partial charge on any atom is -0.477 e. The molecule has 2 aromatic rings. The standard InChI is InChI=1S/C38H50FN3O20/c1-16(44)41-25-27(49)31(22(15-43)58-34(25)56-2)59-35-29(51)28(50)30(52)36(60-35)62-38(37(54)55)12-20(45)24(42-23(47)13-39)32(61-38)26(48)21(46)14-40-33(53)17-7-6-10-19(11-17)57-18-8-4-3-5-9-18/h3-11,20-22,24-32,34-36,43,45-46,48-52H,12-15H2,1-2H3,(H,40,53)(H,41,44)(H,42,47)(H,54,55)/t20-,21+,22+,24+,25+,26-,27+,28+,29+,30+,31+,32+,34+,35+,36+,38-/m0/s1. The quantitative estimate of drug-likeness (QED) is 0.0715. The Morgan fingerprint density at radius 1 is 0.871 bits per heavy atom. The highest BCUT2D eigenvalue weighted by atomic mass is 19.1. The molecule has 23 nitrogen and oxygen atoms in total. The minimum absolute atomic E-state index is 0.0561. The van der Waals surface area contributed by atoms with Crippen LogP contribution in [-0.2, 0) is 42.8 Å². The van der Waals surface area contributed by atoms with Crippen LogP contribution in [0.25, 0.3) is 0 Å². The van der Waals surface area contributed by atoms with Gasteiger partial charge in [-0.2, -0.15) is 0 Å². The highest BCUT2D eigenvalue weighted by molar-refractivity contribution is 5.94. The zero-order valence-corrected chi connectivity index (χ0v) is 33.1. The number of aliphatic carboxylic acids is 1. The van der Waals surface area contributed by atoms with Gasteiger partial charge in [0.1, 0.15) is 66.4 Å². The maximum atomic E-state index is 13.4. The number of aliphatic hydroxyl groups is 8. The van der Waals surface area contributed by atoms with Gasteiger partial charge in [0.05, 0.1) is 24.9 Å². The van der Waals surface area contributed by atoms with Crippen LogP contribution < -0.4 is 20.7 Å². The number of amides is 3. The lowest BCUT2D eigenvalue weighted by Crippen LogP contribution is -2.70. The molecule has 0 saturated carbocycles. The van der Waals surface area contributed by atoms with E-state index in [4.69, 9.17) is 33.2 Å². The van der Waals surface area contributed by atoms with Gasteiger partial charge in [-0.1, -0.05) is 24.3 Å². The lowest BCUT2D eigenvalue weighted by atomic mass is 9.88. The number of hydrogen-bond donors (Lipinski definition) is 12. The summed E-state index contributed by atoms with van der Waals surface area (Å²) in [6, 6.07) is 11.3. The van der Waals surface area contributed by atoms with Gasteiger partial charge >= 0.3 is 5.97 Å². The van der Waals surface area contributed by atoms with Crippen LogP contribution in [0.1, 0.15) is 23.7 Å². The summed E-state index contributed by atoms with van der Waals surface area (Å²) in [5, 5.41) is 105. The maximum Gasteiger partial charge on any atom is 0.364 e. The molecule has 3 heterocycles. The second-order valence-corrected chi connectivity index (χ2v) is 14.6. The molecule has 0 aliphatic carbocycles. The average molecular weight is 888 g/mol. The van der Waals surface area contributed by atoms with Crippen molar-refractivity contribution in [3.05, 3.63) is 60.2 Å². The predicted octanol–water partition coefficient (Wildman–Crippen LogP) is -4.29. The van der Waals surface area contributed by atoms with Crippen molar-refractivity contribution in [2.75, 3.05) is 26.9 Å². The van der Waals surface area contributed by atoms with Gasteiger partial charge in [-0.3, -0.25) is 14.4 Å². The van der Waals surface area contributed by atoms with Crippen molar-refractivity contribution < 1.29 is 103 Å². The Morgan fingerprint density at radius 3 is 2.18 bits per heavy atom. The molecule has 24 heteroatoms. The number of benzene rings is 2. The highest BCUT2D eigenvalue weighted by Gasteiger charge is 2.60. The van der Waals surface area contributed by atoms with E-state index in [1.807, 2.05) is 5.32 Å². The number of carboxylic acid groups (broad SMARTS) is 1. The largest absolute Gasteiger partial charge is 0.477 e. The Morgan fingerprint density at radius 2 is 1.55 bits per heavy atom. The van der Waals surface area contributed by atoms with Crippen LogP contribution in [0.15, 0.2) is 54.6 Å². The van der Waals surface area contributed by atoms with E-state index in [-0.39, 0.29) is 11.3 Å². The van der Waals surface area contributed by atoms with Crippen molar-refractivity contribution in [1.82, 2.24) is 16.0 Å². The van der Waals surface area contributed by atoms with Crippen LogP contribution in [0.4, 0.5) is 4.39 Å². The third-order valence-corrected chi connectivity index (χ3v) is 10.2. The number of ether oxygens (including phenoxy) is 7. The van der Waals surface area contributed by atoms with E-state index in [0.29, 0.717) is 5.75 Å². The fourth-order valence-corrected chi connectivity index (χ4v) is 7.07. The van der Waals surface area contributed by atoms with Crippen LogP contribution in [0, 0.1) is 0 Å². The first-order valence-electron chi connectivity index (χ1n) is 19.1. The summed E-state index contributed by atoms with van der Waals surface area (Å²) in [4.78, 5) is 50.1. The van der Waals surface area contributed by atoms with E-state index in [9.17, 15) is 69.5 Å². The zero-order chi connectivity index (χ0) is 45.5. The van der Waals surface area contributed by atoms with Gasteiger partial charge in [0.15, 0.2) is 25.5 Å². The first-order valence-corrected chi connectivity index (χ1v) is 19.1. The van der Waals surface area contributed by atoms with Gasteiger partial charge in [-0.05, 0) is 30.3 Å². The number of alkyl halides is 1. The van der Waals surface area contributed by atoms with Crippen LogP contribution in [-0.4, -0.2) is 194 Å². The number of para-hydroxylation sites is 1. The first kappa shape index (κ1) is 48.5. The summed E-state index contributed by atoms with van der Waals surface area (Å²) in [6.45, 7) is -2.12. The third-order valence-electron chi connectivity index (χ3n) is 10.2. The molecule has 0 radical (unpaired) electrons. The molecule has 12 N–H and O–H groups in total. The van der Waals surface area contributed by atoms with Gasteiger partial charge in [0.25, 0.3) is 17.6 Å². The summed E-state index contributed by atoms with van der Waals surface area (Å²) in [5.74, 6) is -7.28. The van der Waals surface area contributed by atoms with Crippen LogP contribution in [0.5, 0.6) is 11.5 Å². The molecule has 344 valence electrons. The molecule has 3 amide bonds. The minimum atomic E-state index is -3.20. The molecule has 5 rings (SSSR count). The zero-order valence-electron chi connectivity index (χ0n) is 33.1. The molecule has 0 unspecified atom stereocenters. The summed E-state index contributed by atoms with van der Waals surface area (Å²) in [7, 11) is 1.18. The number of carbonyl (C=O) groups excluding carboxylic acids is 3. The van der Waals surface area contributed by atoms with E-state index in [2.05, 4.69) is 10.6 Å². The molecule has 0 spiro atoms. The van der Waals surface area contributed by atoms with Crippen LogP contribution >= 0.6 is 0 Å². The van der Waals surface area contributed by atoms with Gasteiger partial charge in [0, 0.05) is 32.6 Å². The lowest BCUT2D eigenvalue weighted by Gasteiger charge is -2.50. The van der Waals surface area contributed by atoms with Crippen molar-refractivity contribution in [2.45, 2.75) is 111 Å². The maximum absolute atomic E-state index is 13.4. The topological polar surface area (TPSA) is 351 Å². The molecule has 3 saturated heterocycles. The van der Waals surface area contributed by atoms with Crippen molar-refractivity contribution in [3.8, 4) is 11.5 Å². The van der Waals surface area contributed by atoms with E-state index < -0.39 is 148 Å². The highest BCUT2D eigenvalue weighted by Crippen LogP contribution is 2.38. The number of aliphatic hydroxyl groups excluding tert-OH is 8. The number of nitrogens with one attached hydrogen (secondary N) is 3. The smallest absolute Gasteiger partial charge is 0.364 e. The van der Waals surface area contributed by atoms with Gasteiger partial charge in [-0.15, -0.1) is 0 Å². The van der Waals surface area contributed by atoms with E-state index in [1.54, 1.807) is 36.4 Å². The molecule has 2 aromatic carbocycles. The summed E-state index contributed by atoms with van der Waals surface area (Å²) < 4.78 is 52.3. The third kappa shape index (κ3) is 11.2. The number of carbonyl (C=O) groups is 4. The van der Waals surface area contributed by atoms with Crippen LogP contribution in [0.2, 0.25) is 0 Å². The molecule has 0 bridgehead atoms. The summed E-state index contributed by atoms with van der Waals surface area (Å²) >= 11 is 0. The molecule has 16 atom stereocenters. The summed E-state index contributed by atoms with van der Waals surface area (Å²) in [5.41, 5.74) is 0.0561. The Kier molecular flexibility index (Phi) is 16.6. The lowest BCUT2D eigenvalue weighted by molar-refractivity contribution is -0.418. The van der Waals surface area contributed by atoms with Gasteiger partial charge in [0.2, 0.25) is 5.91 Å². The van der Waals surface area contributed by atoms with Gasteiger partial charge < -0.3 is 95.1 Å². The second kappa shape index (κ2) is 21.2. The fraction of sp³-hybridized carbons (Fsp3) is 0.579. The number of methoxy groups -OCH3 is 1. The van der Waals surface area contributed by atoms with Crippen molar-refractivity contribution in [3.63, 3.8) is 0 Å². The number of rotatable bonds is 17. The summed E-state index contributed by atoms with van der Waals surface area (Å²) in [6.07, 6.45) is -27.3. The van der Waals surface area contributed by atoms with E-state index in [0.717, 1.165) is 6.92 Å². The van der Waals surface area contributed by atoms with Gasteiger partial charge in [-0.25, -0.2) is 9.18 Å². The first-order chi connectivity index (χ1) is 29.4. The molecular weight excluding hydrogens is 837 g/mol. The van der Waals surface area contributed by atoms with Crippen molar-refractivity contribution >= 4 is 23.7 Å². The van der Waals surface area contributed by atoms with Crippen molar-refractivity contribution in [1.29, 1.82) is 0 Å². The van der Waals surface area contributed by atoms with Crippen molar-refractivity contribution in [2.24, 2.45) is 0 Å².